The molecular formula is C29H30N2O2. The van der Waals surface area contributed by atoms with E-state index in [1.807, 2.05) is 30.3 Å². The minimum atomic E-state index is -0.937. The maximum atomic E-state index is 11.4. The van der Waals surface area contributed by atoms with Crippen LogP contribution < -0.4 is 10.6 Å². The van der Waals surface area contributed by atoms with Gasteiger partial charge in [-0.05, 0) is 116 Å². The average molecular weight is 439 g/mol. The van der Waals surface area contributed by atoms with Crippen LogP contribution in [0.25, 0.3) is 0 Å². The van der Waals surface area contributed by atoms with Crippen LogP contribution in [0.5, 0.6) is 0 Å². The summed E-state index contributed by atoms with van der Waals surface area (Å²) in [6, 6.07) is 24.1. The molecule has 0 aromatic heterocycles. The van der Waals surface area contributed by atoms with Gasteiger partial charge in [-0.2, -0.15) is 0 Å². The molecule has 3 aromatic carbocycles. The van der Waals surface area contributed by atoms with E-state index < -0.39 is 5.97 Å². The van der Waals surface area contributed by atoms with Crippen molar-refractivity contribution in [2.45, 2.75) is 43.9 Å². The lowest BCUT2D eigenvalue weighted by Crippen LogP contribution is -2.48. The normalized spacial score (nSPS) is 27.3. The Morgan fingerprint density at radius 3 is 1.73 bits per heavy atom. The topological polar surface area (TPSA) is 61.4 Å². The summed E-state index contributed by atoms with van der Waals surface area (Å²) < 4.78 is 0. The average Bonchev–Trinajstić information content (AvgIpc) is 2.80. The zero-order valence-electron chi connectivity index (χ0n) is 18.8. The SMILES string of the molecule is O=C(O)c1ccccc1Nc1ccc(Nc2ccc(C34CC5CC(CC(C5)C3)C4)cc2)cc1. The fraction of sp³-hybridized carbons (Fsp3) is 0.345. The van der Waals surface area contributed by atoms with E-state index in [1.54, 1.807) is 23.8 Å². The number of carboxylic acid groups (broad SMARTS) is 1. The van der Waals surface area contributed by atoms with Crippen molar-refractivity contribution < 1.29 is 9.90 Å². The third-order valence-corrected chi connectivity index (χ3v) is 8.15. The molecule has 4 aliphatic rings. The maximum absolute atomic E-state index is 11.4. The second kappa shape index (κ2) is 7.95. The second-order valence-electron chi connectivity index (χ2n) is 10.5. The summed E-state index contributed by atoms with van der Waals surface area (Å²) in [4.78, 5) is 11.4. The number of aromatic carboxylic acids is 1. The summed E-state index contributed by atoms with van der Waals surface area (Å²) in [5, 5.41) is 16.1. The molecule has 168 valence electrons. The highest BCUT2D eigenvalue weighted by Gasteiger charge is 2.51. The van der Waals surface area contributed by atoms with Crippen molar-refractivity contribution in [1.29, 1.82) is 0 Å². The van der Waals surface area contributed by atoms with Crippen molar-refractivity contribution in [1.82, 2.24) is 0 Å². The highest BCUT2D eigenvalue weighted by molar-refractivity contribution is 5.95. The van der Waals surface area contributed by atoms with Crippen LogP contribution in [-0.2, 0) is 5.41 Å². The van der Waals surface area contributed by atoms with Gasteiger partial charge in [-0.25, -0.2) is 4.79 Å². The first-order chi connectivity index (χ1) is 16.1. The van der Waals surface area contributed by atoms with Crippen LogP contribution in [-0.4, -0.2) is 11.1 Å². The third kappa shape index (κ3) is 3.88. The largest absolute Gasteiger partial charge is 0.478 e. The molecule has 0 unspecified atom stereocenters. The molecule has 4 saturated carbocycles. The lowest BCUT2D eigenvalue weighted by atomic mass is 9.48. The number of nitrogens with one attached hydrogen (secondary N) is 2. The summed E-state index contributed by atoms with van der Waals surface area (Å²) in [6.45, 7) is 0. The van der Waals surface area contributed by atoms with Gasteiger partial charge in [-0.15, -0.1) is 0 Å². The van der Waals surface area contributed by atoms with E-state index in [0.29, 0.717) is 11.1 Å². The summed E-state index contributed by atoms with van der Waals surface area (Å²) >= 11 is 0. The molecule has 4 nitrogen and oxygen atoms in total. The summed E-state index contributed by atoms with van der Waals surface area (Å²) in [5.41, 5.74) is 5.79. The molecule has 3 N–H and O–H groups in total. The van der Waals surface area contributed by atoms with Crippen LogP contribution in [0.1, 0.15) is 54.4 Å². The number of benzene rings is 3. The van der Waals surface area contributed by atoms with Crippen LogP contribution in [0.15, 0.2) is 72.8 Å². The summed E-state index contributed by atoms with van der Waals surface area (Å²) in [6.07, 6.45) is 8.62. The van der Waals surface area contributed by atoms with Gasteiger partial charge in [0.1, 0.15) is 0 Å². The first-order valence-corrected chi connectivity index (χ1v) is 12.1. The highest BCUT2D eigenvalue weighted by atomic mass is 16.4. The number of hydrogen-bond donors (Lipinski definition) is 3. The Bertz CT molecular complexity index is 1130. The molecule has 4 aliphatic carbocycles. The van der Waals surface area contributed by atoms with Crippen molar-refractivity contribution >= 4 is 28.7 Å². The zero-order valence-corrected chi connectivity index (χ0v) is 18.8. The number of anilines is 4. The molecule has 0 radical (unpaired) electrons. The van der Waals surface area contributed by atoms with Gasteiger partial charge in [0.25, 0.3) is 0 Å². The van der Waals surface area contributed by atoms with E-state index in [-0.39, 0.29) is 5.56 Å². The number of hydrogen-bond acceptors (Lipinski definition) is 3. The number of rotatable bonds is 6. The molecular weight excluding hydrogens is 408 g/mol. The van der Waals surface area contributed by atoms with E-state index in [0.717, 1.165) is 34.8 Å². The van der Waals surface area contributed by atoms with Crippen LogP contribution in [0.3, 0.4) is 0 Å². The zero-order chi connectivity index (χ0) is 22.4. The summed E-state index contributed by atoms with van der Waals surface area (Å²) in [5.74, 6) is 1.95. The lowest BCUT2D eigenvalue weighted by Gasteiger charge is -2.57. The molecule has 0 atom stereocenters. The van der Waals surface area contributed by atoms with E-state index in [2.05, 4.69) is 34.9 Å². The number of carboxylic acids is 1. The van der Waals surface area contributed by atoms with Crippen molar-refractivity contribution in [3.8, 4) is 0 Å². The van der Waals surface area contributed by atoms with Crippen LogP contribution in [0.2, 0.25) is 0 Å². The predicted octanol–water partition coefficient (Wildman–Crippen LogP) is 7.34. The number of carbonyl (C=O) groups is 1. The van der Waals surface area contributed by atoms with Crippen molar-refractivity contribution in [3.63, 3.8) is 0 Å². The van der Waals surface area contributed by atoms with E-state index in [9.17, 15) is 9.90 Å². The molecule has 4 heteroatoms. The Hall–Kier alpha value is -3.27. The Labute approximate surface area is 195 Å². The van der Waals surface area contributed by atoms with Gasteiger partial charge >= 0.3 is 5.97 Å². The minimum absolute atomic E-state index is 0.263. The molecule has 33 heavy (non-hydrogen) atoms. The fourth-order valence-corrected chi connectivity index (χ4v) is 7.11. The van der Waals surface area contributed by atoms with Crippen LogP contribution >= 0.6 is 0 Å². The van der Waals surface area contributed by atoms with Crippen molar-refractivity contribution in [2.24, 2.45) is 17.8 Å². The van der Waals surface area contributed by atoms with Crippen LogP contribution in [0.4, 0.5) is 22.7 Å². The van der Waals surface area contributed by atoms with Gasteiger partial charge in [0.05, 0.1) is 11.3 Å². The third-order valence-electron chi connectivity index (χ3n) is 8.15. The first kappa shape index (κ1) is 20.3. The van der Waals surface area contributed by atoms with Gasteiger partial charge in [-0.1, -0.05) is 24.3 Å². The van der Waals surface area contributed by atoms with Crippen molar-refractivity contribution in [3.05, 3.63) is 83.9 Å². The van der Waals surface area contributed by atoms with Gasteiger partial charge < -0.3 is 15.7 Å². The molecule has 0 aliphatic heterocycles. The Morgan fingerprint density at radius 2 is 1.18 bits per heavy atom. The molecule has 0 saturated heterocycles. The monoisotopic (exact) mass is 438 g/mol. The summed E-state index contributed by atoms with van der Waals surface area (Å²) in [7, 11) is 0. The lowest BCUT2D eigenvalue weighted by molar-refractivity contribution is -0.00518. The molecule has 3 aromatic rings. The number of para-hydroxylation sites is 1. The quantitative estimate of drug-likeness (QED) is 0.377. The fourth-order valence-electron chi connectivity index (χ4n) is 7.11. The van der Waals surface area contributed by atoms with E-state index >= 15 is 0 Å². The molecule has 4 bridgehead atoms. The Balaban J connectivity index is 1.14. The highest BCUT2D eigenvalue weighted by Crippen LogP contribution is 2.60. The maximum Gasteiger partial charge on any atom is 0.337 e. The van der Waals surface area contributed by atoms with Gasteiger partial charge in [0, 0.05) is 17.1 Å². The Morgan fingerprint density at radius 1 is 0.697 bits per heavy atom. The minimum Gasteiger partial charge on any atom is -0.478 e. The molecule has 4 fully saturated rings. The smallest absolute Gasteiger partial charge is 0.337 e. The van der Waals surface area contributed by atoms with Gasteiger partial charge in [-0.3, -0.25) is 0 Å². The van der Waals surface area contributed by atoms with E-state index in [4.69, 9.17) is 0 Å². The molecule has 0 spiro atoms. The van der Waals surface area contributed by atoms with Crippen molar-refractivity contribution in [2.75, 3.05) is 10.6 Å². The Kier molecular flexibility index (Phi) is 4.90. The van der Waals surface area contributed by atoms with E-state index in [1.165, 1.54) is 38.5 Å². The second-order valence-corrected chi connectivity index (χ2v) is 10.5. The first-order valence-electron chi connectivity index (χ1n) is 12.1. The standard InChI is InChI=1S/C29H30N2O2/c32-28(33)26-3-1-2-4-27(26)31-25-11-9-24(10-12-25)30-23-7-5-22(6-8-23)29-16-19-13-20(17-29)15-21(14-19)18-29/h1-12,19-21,30-31H,13-18H2,(H,32,33). The predicted molar refractivity (Wildman–Crippen MR) is 133 cm³/mol. The van der Waals surface area contributed by atoms with Gasteiger partial charge in [0.2, 0.25) is 0 Å². The molecule has 0 heterocycles. The molecule has 0 amide bonds. The van der Waals surface area contributed by atoms with Gasteiger partial charge in [0.15, 0.2) is 0 Å². The molecule has 7 rings (SSSR count). The van der Waals surface area contributed by atoms with Crippen LogP contribution in [0, 0.1) is 17.8 Å².